The van der Waals surface area contributed by atoms with E-state index in [9.17, 15) is 10.2 Å². The number of rotatable bonds is 9. The highest BCUT2D eigenvalue weighted by Gasteiger charge is 2.47. The Hall–Kier alpha value is -2.99. The first kappa shape index (κ1) is 27.2. The van der Waals surface area contributed by atoms with E-state index in [0.717, 1.165) is 28.8 Å². The van der Waals surface area contributed by atoms with Crippen molar-refractivity contribution in [2.45, 2.75) is 50.3 Å². The quantitative estimate of drug-likeness (QED) is 0.191. The van der Waals surface area contributed by atoms with E-state index < -0.39 is 24.5 Å². The van der Waals surface area contributed by atoms with Crippen molar-refractivity contribution < 1.29 is 14.9 Å². The fourth-order valence-electron chi connectivity index (χ4n) is 5.16. The summed E-state index contributed by atoms with van der Waals surface area (Å²) in [5, 5.41) is 40.4. The number of benzene rings is 1. The molecule has 2 aliphatic rings. The average Bonchev–Trinajstić information content (AvgIpc) is 3.65. The molecule has 2 aliphatic heterocycles. The lowest BCUT2D eigenvalue weighted by atomic mass is 10.1. The van der Waals surface area contributed by atoms with Gasteiger partial charge in [-0.3, -0.25) is 4.57 Å². The van der Waals surface area contributed by atoms with Crippen LogP contribution in [-0.4, -0.2) is 93.2 Å². The summed E-state index contributed by atoms with van der Waals surface area (Å²) in [6.45, 7) is 4.35. The third-order valence-corrected chi connectivity index (χ3v) is 7.89. The van der Waals surface area contributed by atoms with Gasteiger partial charge in [-0.25, -0.2) is 4.98 Å². The van der Waals surface area contributed by atoms with Crippen molar-refractivity contribution in [3.8, 4) is 0 Å². The summed E-state index contributed by atoms with van der Waals surface area (Å²) in [6.07, 6.45) is 0.861. The normalized spacial score (nSPS) is 23.6. The number of nitrogens with zero attached hydrogens (tertiary/aromatic N) is 9. The van der Waals surface area contributed by atoms with E-state index in [-0.39, 0.29) is 5.82 Å². The molecule has 2 saturated heterocycles. The Morgan fingerprint density at radius 2 is 1.95 bits per heavy atom. The van der Waals surface area contributed by atoms with Gasteiger partial charge >= 0.3 is 0 Å². The van der Waals surface area contributed by atoms with E-state index in [1.54, 1.807) is 17.9 Å². The van der Waals surface area contributed by atoms with Gasteiger partial charge in [0.1, 0.15) is 12.2 Å². The van der Waals surface area contributed by atoms with E-state index in [0.29, 0.717) is 36.0 Å². The minimum absolute atomic E-state index is 0.190. The highest BCUT2D eigenvalue weighted by atomic mass is 127. The number of nitrogens with one attached hydrogen (secondary N) is 2. The van der Waals surface area contributed by atoms with Gasteiger partial charge in [-0.1, -0.05) is 18.6 Å². The molecule has 0 aliphatic carbocycles. The number of aliphatic hydroxyl groups is 2. The van der Waals surface area contributed by atoms with E-state index >= 15 is 0 Å². The predicted molar refractivity (Wildman–Crippen MR) is 154 cm³/mol. The smallest absolute Gasteiger partial charge is 0.226 e. The summed E-state index contributed by atoms with van der Waals surface area (Å²) in [5.41, 5.74) is 2.10. The van der Waals surface area contributed by atoms with Crippen molar-refractivity contribution >= 4 is 45.5 Å². The van der Waals surface area contributed by atoms with E-state index in [2.05, 4.69) is 70.7 Å². The van der Waals surface area contributed by atoms with Gasteiger partial charge < -0.3 is 30.5 Å². The number of aromatic nitrogens is 8. The molecular formula is C25H32IN11O3. The molecule has 15 heteroatoms. The number of imidazole rings is 1. The number of anilines is 2. The third kappa shape index (κ3) is 5.74. The number of likely N-dealkylation sites (tertiary alicyclic amines) is 1. The predicted octanol–water partition coefficient (Wildman–Crippen LogP) is 1.46. The number of ether oxygens (including phenoxy) is 1. The van der Waals surface area contributed by atoms with Crippen LogP contribution in [0.3, 0.4) is 0 Å². The SMILES string of the molecule is Cn1nnc([C@H]2O[C@@H](n3cnc4c(NCc5cccc(I)c5)nc(NCCN5CCCCC5)nc43)[C@H](O)[C@@H]2O)n1. The second-order valence-electron chi connectivity index (χ2n) is 10.1. The van der Waals surface area contributed by atoms with Crippen LogP contribution in [0.1, 0.15) is 43.0 Å². The maximum Gasteiger partial charge on any atom is 0.226 e. The molecule has 2 fully saturated rings. The van der Waals surface area contributed by atoms with Gasteiger partial charge in [-0.05, 0) is 71.4 Å². The van der Waals surface area contributed by atoms with Gasteiger partial charge in [0.2, 0.25) is 11.8 Å². The van der Waals surface area contributed by atoms with E-state index in [1.807, 2.05) is 12.1 Å². The molecule has 0 radical (unpaired) electrons. The molecule has 4 atom stereocenters. The van der Waals surface area contributed by atoms with Gasteiger partial charge in [-0.15, -0.1) is 10.2 Å². The molecule has 0 spiro atoms. The molecular weight excluding hydrogens is 629 g/mol. The second-order valence-corrected chi connectivity index (χ2v) is 11.3. The molecule has 0 amide bonds. The monoisotopic (exact) mass is 661 g/mol. The Bertz CT molecular complexity index is 1460. The summed E-state index contributed by atoms with van der Waals surface area (Å²) in [7, 11) is 1.62. The molecule has 14 nitrogen and oxygen atoms in total. The molecule has 40 heavy (non-hydrogen) atoms. The Kier molecular flexibility index (Phi) is 8.06. The van der Waals surface area contributed by atoms with E-state index in [4.69, 9.17) is 14.7 Å². The molecule has 212 valence electrons. The van der Waals surface area contributed by atoms with Crippen molar-refractivity contribution in [1.82, 2.24) is 44.6 Å². The van der Waals surface area contributed by atoms with Crippen LogP contribution in [0.5, 0.6) is 0 Å². The fourth-order valence-corrected chi connectivity index (χ4v) is 5.77. The summed E-state index contributed by atoms with van der Waals surface area (Å²) < 4.78 is 8.82. The van der Waals surface area contributed by atoms with E-state index in [1.165, 1.54) is 24.1 Å². The van der Waals surface area contributed by atoms with Crippen LogP contribution in [-0.2, 0) is 18.3 Å². The first-order chi connectivity index (χ1) is 19.5. The Morgan fingerprint density at radius 3 is 2.73 bits per heavy atom. The van der Waals surface area contributed by atoms with Crippen molar-refractivity contribution in [3.05, 3.63) is 45.6 Å². The number of fused-ring (bicyclic) bond motifs is 1. The molecule has 1 aromatic carbocycles. The molecule has 6 rings (SSSR count). The number of hydrogen-bond acceptors (Lipinski definition) is 12. The summed E-state index contributed by atoms with van der Waals surface area (Å²) in [5.74, 6) is 1.19. The zero-order chi connectivity index (χ0) is 27.6. The fraction of sp³-hybridized carbons (Fsp3) is 0.520. The van der Waals surface area contributed by atoms with Crippen LogP contribution < -0.4 is 10.6 Å². The van der Waals surface area contributed by atoms with Crippen molar-refractivity contribution in [1.29, 1.82) is 0 Å². The second kappa shape index (κ2) is 11.9. The van der Waals surface area contributed by atoms with Gasteiger partial charge in [0.25, 0.3) is 0 Å². The largest absolute Gasteiger partial charge is 0.387 e. The lowest BCUT2D eigenvalue weighted by molar-refractivity contribution is -0.0384. The van der Waals surface area contributed by atoms with Gasteiger partial charge in [0.05, 0.1) is 13.4 Å². The lowest BCUT2D eigenvalue weighted by Gasteiger charge is -2.26. The number of piperidine rings is 1. The zero-order valence-electron chi connectivity index (χ0n) is 22.1. The van der Waals surface area contributed by atoms with Gasteiger partial charge in [0, 0.05) is 23.2 Å². The minimum Gasteiger partial charge on any atom is -0.387 e. The Morgan fingerprint density at radius 1 is 1.10 bits per heavy atom. The van der Waals surface area contributed by atoms with Crippen LogP contribution >= 0.6 is 22.6 Å². The van der Waals surface area contributed by atoms with Crippen LogP contribution in [0.15, 0.2) is 30.6 Å². The molecule has 4 N–H and O–H groups in total. The number of halogens is 1. The standard InChI is InChI=1S/C25H32IN11O3/c1-35-33-22(32-34-35)20-18(38)19(39)24(40-20)37-14-29-17-21(28-13-15-6-5-7-16(26)12-15)30-25(31-23(17)37)27-8-11-36-9-3-2-4-10-36/h5-7,12,14,18-20,24,38-39H,2-4,8-11,13H2,1H3,(H2,27,28,30,31)/t18-,19+,20-,24+/m0/s1. The van der Waals surface area contributed by atoms with Gasteiger partial charge in [-0.2, -0.15) is 14.8 Å². The lowest BCUT2D eigenvalue weighted by Crippen LogP contribution is -2.34. The molecule has 3 aromatic heterocycles. The number of aryl methyl sites for hydroxylation is 1. The van der Waals surface area contributed by atoms with Crippen LogP contribution in [0, 0.1) is 3.57 Å². The molecule has 0 unspecified atom stereocenters. The van der Waals surface area contributed by atoms with Crippen molar-refractivity contribution in [3.63, 3.8) is 0 Å². The maximum atomic E-state index is 10.9. The molecule has 0 bridgehead atoms. The first-order valence-corrected chi connectivity index (χ1v) is 14.5. The maximum absolute atomic E-state index is 10.9. The van der Waals surface area contributed by atoms with Crippen LogP contribution in [0.2, 0.25) is 0 Å². The van der Waals surface area contributed by atoms with Crippen LogP contribution in [0.4, 0.5) is 11.8 Å². The molecule has 5 heterocycles. The summed E-state index contributed by atoms with van der Waals surface area (Å²) in [4.78, 5) is 17.8. The molecule has 4 aromatic rings. The number of aliphatic hydroxyl groups excluding tert-OH is 2. The van der Waals surface area contributed by atoms with Crippen molar-refractivity contribution in [2.24, 2.45) is 7.05 Å². The Labute approximate surface area is 244 Å². The van der Waals surface area contributed by atoms with Gasteiger partial charge in [0.15, 0.2) is 29.3 Å². The third-order valence-electron chi connectivity index (χ3n) is 7.22. The number of hydrogen-bond donors (Lipinski definition) is 4. The van der Waals surface area contributed by atoms with Crippen molar-refractivity contribution in [2.75, 3.05) is 36.8 Å². The minimum atomic E-state index is -1.26. The van der Waals surface area contributed by atoms with Crippen LogP contribution in [0.25, 0.3) is 11.2 Å². The highest BCUT2D eigenvalue weighted by Crippen LogP contribution is 2.39. The number of tetrazole rings is 1. The zero-order valence-corrected chi connectivity index (χ0v) is 24.2. The molecule has 0 saturated carbocycles. The topological polar surface area (TPSA) is 164 Å². The Balaban J connectivity index is 1.28. The average molecular weight is 662 g/mol. The summed E-state index contributed by atoms with van der Waals surface area (Å²) >= 11 is 2.29. The first-order valence-electron chi connectivity index (χ1n) is 13.4. The summed E-state index contributed by atoms with van der Waals surface area (Å²) in [6, 6.07) is 8.22. The highest BCUT2D eigenvalue weighted by molar-refractivity contribution is 14.1.